The lowest BCUT2D eigenvalue weighted by Crippen LogP contribution is -2.42. The molecule has 0 bridgehead atoms. The first kappa shape index (κ1) is 17.9. The van der Waals surface area contributed by atoms with Crippen molar-refractivity contribution in [3.8, 4) is 0 Å². The number of rotatable bonds is 8. The molecule has 1 aliphatic heterocycles. The minimum atomic E-state index is -0.0263. The average Bonchev–Trinajstić information content (AvgIpc) is 2.59. The molecule has 5 heteroatoms. The van der Waals surface area contributed by atoms with Crippen molar-refractivity contribution in [2.24, 2.45) is 0 Å². The van der Waals surface area contributed by atoms with E-state index in [2.05, 4.69) is 34.2 Å². The zero-order valence-electron chi connectivity index (χ0n) is 14.5. The first-order valence-electron chi connectivity index (χ1n) is 8.74. The number of unbranched alkanes of at least 4 members (excludes halogenated alkanes) is 2. The minimum absolute atomic E-state index is 0.0263. The smallest absolute Gasteiger partial charge is 0.252 e. The van der Waals surface area contributed by atoms with Gasteiger partial charge in [-0.2, -0.15) is 0 Å². The van der Waals surface area contributed by atoms with Crippen molar-refractivity contribution in [1.29, 1.82) is 0 Å². The summed E-state index contributed by atoms with van der Waals surface area (Å²) in [5.41, 5.74) is 0.634. The van der Waals surface area contributed by atoms with Gasteiger partial charge in [-0.1, -0.05) is 6.42 Å². The molecule has 1 saturated heterocycles. The van der Waals surface area contributed by atoms with Gasteiger partial charge in [-0.15, -0.1) is 0 Å². The molecule has 1 aromatic heterocycles. The Kier molecular flexibility index (Phi) is 7.49. The lowest BCUT2D eigenvalue weighted by Gasteiger charge is -2.35. The summed E-state index contributed by atoms with van der Waals surface area (Å²) in [6.45, 7) is 4.33. The summed E-state index contributed by atoms with van der Waals surface area (Å²) in [5.74, 6) is -0.0263. The summed E-state index contributed by atoms with van der Waals surface area (Å²) in [6, 6.07) is 4.32. The average molecular weight is 318 g/mol. The minimum Gasteiger partial charge on any atom is -0.352 e. The first-order valence-corrected chi connectivity index (χ1v) is 8.74. The van der Waals surface area contributed by atoms with Gasteiger partial charge >= 0.3 is 0 Å². The van der Waals surface area contributed by atoms with Gasteiger partial charge in [0.1, 0.15) is 0 Å². The summed E-state index contributed by atoms with van der Waals surface area (Å²) in [4.78, 5) is 20.7. The fraction of sp³-hybridized carbons (Fsp3) is 0.667. The van der Waals surface area contributed by atoms with E-state index in [1.165, 1.54) is 32.4 Å². The van der Waals surface area contributed by atoms with Gasteiger partial charge in [0.05, 0.1) is 5.56 Å². The first-order chi connectivity index (χ1) is 11.2. The molecule has 1 N–H and O–H groups in total. The van der Waals surface area contributed by atoms with Crippen molar-refractivity contribution in [1.82, 2.24) is 20.1 Å². The number of piperidine rings is 1. The molecule has 5 nitrogen and oxygen atoms in total. The Hall–Kier alpha value is -1.46. The van der Waals surface area contributed by atoms with E-state index >= 15 is 0 Å². The van der Waals surface area contributed by atoms with Crippen molar-refractivity contribution in [3.05, 3.63) is 30.1 Å². The molecular weight excluding hydrogens is 288 g/mol. The lowest BCUT2D eigenvalue weighted by molar-refractivity contribution is 0.0952. The zero-order chi connectivity index (χ0) is 16.5. The van der Waals surface area contributed by atoms with Gasteiger partial charge in [-0.3, -0.25) is 9.78 Å². The second-order valence-electron chi connectivity index (χ2n) is 6.57. The predicted octanol–water partition coefficient (Wildman–Crippen LogP) is 2.01. The summed E-state index contributed by atoms with van der Waals surface area (Å²) in [5, 5.41) is 2.96. The molecule has 0 aromatic carbocycles. The van der Waals surface area contributed by atoms with Crippen LogP contribution in [0.2, 0.25) is 0 Å². The van der Waals surface area contributed by atoms with Crippen molar-refractivity contribution in [2.75, 3.05) is 40.3 Å². The molecule has 0 aliphatic carbocycles. The van der Waals surface area contributed by atoms with Crippen LogP contribution in [0.15, 0.2) is 24.5 Å². The van der Waals surface area contributed by atoms with Gasteiger partial charge in [-0.25, -0.2) is 0 Å². The molecule has 1 fully saturated rings. The molecule has 23 heavy (non-hydrogen) atoms. The summed E-state index contributed by atoms with van der Waals surface area (Å²) in [7, 11) is 4.45. The standard InChI is InChI=1S/C18H30N4O/c1-21-13-8-17(9-14-21)22(2)12-5-3-4-11-20-18(23)16-7-6-10-19-15-16/h6-7,10,15,17H,3-5,8-9,11-14H2,1-2H3,(H,20,23). The van der Waals surface area contributed by atoms with E-state index in [1.54, 1.807) is 24.5 Å². The Morgan fingerprint density at radius 3 is 2.83 bits per heavy atom. The Bertz CT molecular complexity index is 457. The molecule has 0 saturated carbocycles. The zero-order valence-corrected chi connectivity index (χ0v) is 14.5. The topological polar surface area (TPSA) is 48.5 Å². The van der Waals surface area contributed by atoms with E-state index in [9.17, 15) is 4.79 Å². The molecule has 0 radical (unpaired) electrons. The van der Waals surface area contributed by atoms with Crippen LogP contribution in [0.25, 0.3) is 0 Å². The third kappa shape index (κ3) is 6.28. The van der Waals surface area contributed by atoms with Gasteiger partial charge in [0, 0.05) is 25.0 Å². The molecule has 1 amide bonds. The van der Waals surface area contributed by atoms with E-state index < -0.39 is 0 Å². The SMILES string of the molecule is CN1CCC(N(C)CCCCCNC(=O)c2cccnc2)CC1. The van der Waals surface area contributed by atoms with Crippen LogP contribution in [-0.2, 0) is 0 Å². The fourth-order valence-corrected chi connectivity index (χ4v) is 3.08. The van der Waals surface area contributed by atoms with Crippen LogP contribution in [0.4, 0.5) is 0 Å². The lowest BCUT2D eigenvalue weighted by atomic mass is 10.0. The van der Waals surface area contributed by atoms with Gasteiger partial charge in [0.25, 0.3) is 5.91 Å². The Morgan fingerprint density at radius 1 is 1.35 bits per heavy atom. The van der Waals surface area contributed by atoms with Gasteiger partial charge in [-0.05, 0) is 71.5 Å². The monoisotopic (exact) mass is 318 g/mol. The number of carbonyl (C=O) groups is 1. The van der Waals surface area contributed by atoms with Gasteiger partial charge in [0.15, 0.2) is 0 Å². The molecule has 0 spiro atoms. The van der Waals surface area contributed by atoms with Crippen LogP contribution < -0.4 is 5.32 Å². The molecule has 0 atom stereocenters. The maximum absolute atomic E-state index is 11.9. The Labute approximate surface area is 140 Å². The molecular formula is C18H30N4O. The number of carbonyl (C=O) groups excluding carboxylic acids is 1. The third-order valence-electron chi connectivity index (χ3n) is 4.71. The molecule has 128 valence electrons. The maximum Gasteiger partial charge on any atom is 0.252 e. The number of aromatic nitrogens is 1. The van der Waals surface area contributed by atoms with E-state index in [1.807, 2.05) is 0 Å². The Morgan fingerprint density at radius 2 is 2.13 bits per heavy atom. The molecule has 2 rings (SSSR count). The molecule has 0 unspecified atom stereocenters. The van der Waals surface area contributed by atoms with Crippen LogP contribution in [0.1, 0.15) is 42.5 Å². The van der Waals surface area contributed by atoms with E-state index in [4.69, 9.17) is 0 Å². The maximum atomic E-state index is 11.9. The highest BCUT2D eigenvalue weighted by molar-refractivity contribution is 5.93. The van der Waals surface area contributed by atoms with E-state index in [-0.39, 0.29) is 5.91 Å². The number of pyridine rings is 1. The second kappa shape index (κ2) is 9.63. The number of hydrogen-bond donors (Lipinski definition) is 1. The quantitative estimate of drug-likeness (QED) is 0.745. The number of likely N-dealkylation sites (tertiary alicyclic amines) is 1. The van der Waals surface area contributed by atoms with Gasteiger partial charge in [0.2, 0.25) is 0 Å². The molecule has 1 aliphatic rings. The number of amides is 1. The van der Waals surface area contributed by atoms with Crippen molar-refractivity contribution in [3.63, 3.8) is 0 Å². The van der Waals surface area contributed by atoms with Crippen molar-refractivity contribution >= 4 is 5.91 Å². The number of hydrogen-bond acceptors (Lipinski definition) is 4. The molecule has 2 heterocycles. The second-order valence-corrected chi connectivity index (χ2v) is 6.57. The van der Waals surface area contributed by atoms with Crippen molar-refractivity contribution < 1.29 is 4.79 Å². The van der Waals surface area contributed by atoms with Crippen LogP contribution in [-0.4, -0.2) is 67.0 Å². The Balaban J connectivity index is 1.51. The van der Waals surface area contributed by atoms with Gasteiger partial charge < -0.3 is 15.1 Å². The van der Waals surface area contributed by atoms with E-state index in [0.717, 1.165) is 32.0 Å². The van der Waals surface area contributed by atoms with Crippen LogP contribution in [0, 0.1) is 0 Å². The summed E-state index contributed by atoms with van der Waals surface area (Å²) < 4.78 is 0. The summed E-state index contributed by atoms with van der Waals surface area (Å²) >= 11 is 0. The fourth-order valence-electron chi connectivity index (χ4n) is 3.08. The third-order valence-corrected chi connectivity index (χ3v) is 4.71. The number of nitrogens with zero attached hydrogens (tertiary/aromatic N) is 3. The predicted molar refractivity (Wildman–Crippen MR) is 93.6 cm³/mol. The van der Waals surface area contributed by atoms with Crippen LogP contribution in [0.5, 0.6) is 0 Å². The highest BCUT2D eigenvalue weighted by atomic mass is 16.1. The highest BCUT2D eigenvalue weighted by Gasteiger charge is 2.19. The summed E-state index contributed by atoms with van der Waals surface area (Å²) in [6.07, 6.45) is 9.25. The normalized spacial score (nSPS) is 16.7. The number of nitrogens with one attached hydrogen (secondary N) is 1. The van der Waals surface area contributed by atoms with Crippen LogP contribution in [0.3, 0.4) is 0 Å². The highest BCUT2D eigenvalue weighted by Crippen LogP contribution is 2.14. The largest absolute Gasteiger partial charge is 0.352 e. The van der Waals surface area contributed by atoms with E-state index in [0.29, 0.717) is 5.56 Å². The van der Waals surface area contributed by atoms with Crippen molar-refractivity contribution in [2.45, 2.75) is 38.1 Å². The van der Waals surface area contributed by atoms with Crippen LogP contribution >= 0.6 is 0 Å². The molecule has 1 aromatic rings.